The maximum Gasteiger partial charge on any atom is 2.00 e. The van der Waals surface area contributed by atoms with Gasteiger partial charge in [-0.1, -0.05) is 26.7 Å². The molecule has 0 fully saturated rings. The first-order valence-electron chi connectivity index (χ1n) is 3.84. The van der Waals surface area contributed by atoms with Gasteiger partial charge in [-0.15, -0.1) is 0 Å². The van der Waals surface area contributed by atoms with Crippen molar-refractivity contribution in [3.8, 4) is 0 Å². The molecule has 0 aromatic heterocycles. The van der Waals surface area contributed by atoms with Crippen LogP contribution in [0.4, 0.5) is 0 Å². The van der Waals surface area contributed by atoms with Crippen molar-refractivity contribution in [2.45, 2.75) is 39.5 Å². The van der Waals surface area contributed by atoms with Crippen molar-refractivity contribution in [1.82, 2.24) is 0 Å². The van der Waals surface area contributed by atoms with Gasteiger partial charge in [-0.3, -0.25) is 4.79 Å². The molecule has 0 aromatic rings. The van der Waals surface area contributed by atoms with Crippen molar-refractivity contribution in [1.29, 1.82) is 0 Å². The monoisotopic (exact) mass is 250 g/mol. The Balaban J connectivity index is -0.0000000675. The first-order chi connectivity index (χ1) is 4.63. The summed E-state index contributed by atoms with van der Waals surface area (Å²) < 4.78 is 0. The minimum atomic E-state index is -0.677. The van der Waals surface area contributed by atoms with E-state index in [1.807, 2.05) is 0 Å². The normalized spacial score (nSPS) is 8.58. The fourth-order valence-corrected chi connectivity index (χ4v) is 0.829. The zero-order chi connectivity index (χ0) is 7.98. The molecule has 66 valence electrons. The molecule has 4 heteroatoms. The van der Waals surface area contributed by atoms with Crippen LogP contribution in [0.2, 0.25) is 0 Å². The molecule has 0 unspecified atom stereocenters. The van der Waals surface area contributed by atoms with Crippen molar-refractivity contribution in [2.24, 2.45) is 5.92 Å². The van der Waals surface area contributed by atoms with Crippen molar-refractivity contribution >= 4 is 43.7 Å². The number of unbranched alkanes of at least 4 members (excludes halogenated alkanes) is 1. The number of hydrogen-bond acceptors (Lipinski definition) is 1. The third-order valence-electron chi connectivity index (χ3n) is 1.42. The van der Waals surface area contributed by atoms with Crippen molar-refractivity contribution in [3.63, 3.8) is 0 Å². The van der Waals surface area contributed by atoms with Gasteiger partial charge in [0.05, 0.1) is 0 Å². The largest absolute Gasteiger partial charge is 2.00 e. The topological polar surface area (TPSA) is 37.3 Å². The van der Waals surface area contributed by atoms with E-state index in [9.17, 15) is 4.79 Å². The van der Waals surface area contributed by atoms with Crippen LogP contribution in [-0.4, -0.2) is 48.8 Å². The zero-order valence-corrected chi connectivity index (χ0v) is 13.4. The second kappa shape index (κ2) is 12.4. The summed E-state index contributed by atoms with van der Waals surface area (Å²) in [5.41, 5.74) is 0. The van der Waals surface area contributed by atoms with Gasteiger partial charge in [-0.25, -0.2) is 0 Å². The molecular formula is C8H18CaO2Zn. The molecule has 0 amide bonds. The molecule has 0 saturated heterocycles. The maximum absolute atomic E-state index is 10.0. The minimum absolute atomic E-state index is 0. The van der Waals surface area contributed by atoms with Gasteiger partial charge in [-0.2, -0.15) is 0 Å². The van der Waals surface area contributed by atoms with E-state index in [0.29, 0.717) is 12.3 Å². The molecular weight excluding hydrogens is 234 g/mol. The average Bonchev–Trinajstić information content (AvgIpc) is 1.79. The second-order valence-corrected chi connectivity index (χ2v) is 3.03. The fraction of sp³-hybridized carbons (Fsp3) is 0.875. The Morgan fingerprint density at radius 2 is 1.92 bits per heavy atom. The molecule has 0 aliphatic carbocycles. The summed E-state index contributed by atoms with van der Waals surface area (Å²) in [5, 5.41) is 8.28. The molecule has 0 atom stereocenters. The van der Waals surface area contributed by atoms with Gasteiger partial charge in [0, 0.05) is 25.9 Å². The number of rotatable bonds is 5. The van der Waals surface area contributed by atoms with Gasteiger partial charge in [0.1, 0.15) is 0 Å². The number of aliphatic carboxylic acids is 1. The minimum Gasteiger partial charge on any atom is -1.00 e. The molecule has 0 heterocycles. The number of carboxylic acids is 1. The van der Waals surface area contributed by atoms with Crippen LogP contribution in [0.5, 0.6) is 0 Å². The third-order valence-corrected chi connectivity index (χ3v) is 1.42. The number of hydrogen-bond donors (Lipinski definition) is 1. The predicted molar refractivity (Wildman–Crippen MR) is 48.9 cm³/mol. The SMILES string of the molecule is CC(C)CCCCC(=O)O.[Ca+2].[H-].[H-].[Zn]. The summed E-state index contributed by atoms with van der Waals surface area (Å²) in [6.07, 6.45) is 3.34. The van der Waals surface area contributed by atoms with Crippen molar-refractivity contribution < 1.29 is 32.2 Å². The van der Waals surface area contributed by atoms with E-state index in [1.54, 1.807) is 0 Å². The van der Waals surface area contributed by atoms with E-state index in [2.05, 4.69) is 13.8 Å². The van der Waals surface area contributed by atoms with Crippen LogP contribution in [0.3, 0.4) is 0 Å². The van der Waals surface area contributed by atoms with E-state index in [-0.39, 0.29) is 60.1 Å². The molecule has 0 spiro atoms. The molecule has 0 rings (SSSR count). The number of carbonyl (C=O) groups is 1. The maximum atomic E-state index is 10.0. The van der Waals surface area contributed by atoms with E-state index in [1.165, 1.54) is 0 Å². The summed E-state index contributed by atoms with van der Waals surface area (Å²) in [5.74, 6) is 0.0255. The van der Waals surface area contributed by atoms with Crippen molar-refractivity contribution in [3.05, 3.63) is 0 Å². The summed E-state index contributed by atoms with van der Waals surface area (Å²) in [4.78, 5) is 10.0. The Kier molecular flexibility index (Phi) is 19.6. The Labute approximate surface area is 120 Å². The first kappa shape index (κ1) is 19.0. The summed E-state index contributed by atoms with van der Waals surface area (Å²) in [6, 6.07) is 0. The van der Waals surface area contributed by atoms with Crippen LogP contribution in [-0.2, 0) is 24.3 Å². The first-order valence-corrected chi connectivity index (χ1v) is 3.84. The second-order valence-electron chi connectivity index (χ2n) is 3.03. The van der Waals surface area contributed by atoms with Gasteiger partial charge >= 0.3 is 43.7 Å². The quantitative estimate of drug-likeness (QED) is 0.600. The average molecular weight is 252 g/mol. The van der Waals surface area contributed by atoms with Gasteiger partial charge in [-0.05, 0) is 12.3 Å². The fourth-order valence-electron chi connectivity index (χ4n) is 0.829. The third kappa shape index (κ3) is 17.4. The van der Waals surface area contributed by atoms with Crippen LogP contribution < -0.4 is 0 Å². The number of carboxylic acid groups (broad SMARTS) is 1. The van der Waals surface area contributed by atoms with E-state index in [0.717, 1.165) is 19.3 Å². The molecule has 0 aliphatic heterocycles. The molecule has 0 aromatic carbocycles. The Morgan fingerprint density at radius 1 is 1.42 bits per heavy atom. The van der Waals surface area contributed by atoms with Gasteiger partial charge < -0.3 is 7.96 Å². The van der Waals surface area contributed by atoms with Gasteiger partial charge in [0.2, 0.25) is 0 Å². The Bertz CT molecular complexity index is 116. The smallest absolute Gasteiger partial charge is 1.00 e. The van der Waals surface area contributed by atoms with E-state index < -0.39 is 5.97 Å². The van der Waals surface area contributed by atoms with Crippen LogP contribution in [0, 0.1) is 5.92 Å². The summed E-state index contributed by atoms with van der Waals surface area (Å²) in [6.45, 7) is 4.31. The molecule has 12 heavy (non-hydrogen) atoms. The molecule has 0 aliphatic rings. The summed E-state index contributed by atoms with van der Waals surface area (Å²) >= 11 is 0. The van der Waals surface area contributed by atoms with Crippen LogP contribution in [0.1, 0.15) is 42.4 Å². The van der Waals surface area contributed by atoms with Crippen LogP contribution in [0.25, 0.3) is 0 Å². The molecule has 2 nitrogen and oxygen atoms in total. The Hall–Kier alpha value is 1.35. The molecule has 0 bridgehead atoms. The van der Waals surface area contributed by atoms with Gasteiger partial charge in [0.15, 0.2) is 0 Å². The standard InChI is InChI=1S/C8H16O2.Ca.Zn.2H/c1-7(2)5-3-4-6-8(9)10;;;;/h7H,3-6H2,1-2H3,(H,9,10);;;;/q;+2;;2*-1. The summed E-state index contributed by atoms with van der Waals surface area (Å²) in [7, 11) is 0. The van der Waals surface area contributed by atoms with E-state index >= 15 is 0 Å². The zero-order valence-electron chi connectivity index (χ0n) is 10.2. The Morgan fingerprint density at radius 3 is 2.25 bits per heavy atom. The van der Waals surface area contributed by atoms with Crippen LogP contribution in [0.15, 0.2) is 0 Å². The predicted octanol–water partition coefficient (Wildman–Crippen LogP) is 2.13. The van der Waals surface area contributed by atoms with Gasteiger partial charge in [0.25, 0.3) is 0 Å². The molecule has 1 N–H and O–H groups in total. The van der Waals surface area contributed by atoms with Crippen molar-refractivity contribution in [2.75, 3.05) is 0 Å². The van der Waals surface area contributed by atoms with E-state index in [4.69, 9.17) is 5.11 Å². The molecule has 0 radical (unpaired) electrons. The van der Waals surface area contributed by atoms with Crippen LogP contribution >= 0.6 is 0 Å². The molecule has 0 saturated carbocycles.